The molecule has 7 heteroatoms. The Morgan fingerprint density at radius 1 is 1.12 bits per heavy atom. The topological polar surface area (TPSA) is 66.8 Å². The summed E-state index contributed by atoms with van der Waals surface area (Å²) in [4.78, 5) is 25.8. The fourth-order valence-electron chi connectivity index (χ4n) is 7.19. The maximum atomic E-state index is 15.2. The van der Waals surface area contributed by atoms with Gasteiger partial charge < -0.3 is 14.7 Å². The van der Waals surface area contributed by atoms with Crippen molar-refractivity contribution in [1.82, 2.24) is 4.90 Å². The third-order valence-corrected chi connectivity index (χ3v) is 8.98. The summed E-state index contributed by atoms with van der Waals surface area (Å²) in [7, 11) is 0. The van der Waals surface area contributed by atoms with Crippen molar-refractivity contribution in [3.63, 3.8) is 0 Å². The first kappa shape index (κ1) is 20.8. The van der Waals surface area contributed by atoms with Crippen molar-refractivity contribution < 1.29 is 23.8 Å². The van der Waals surface area contributed by atoms with E-state index >= 15 is 4.39 Å². The van der Waals surface area contributed by atoms with E-state index in [1.54, 1.807) is 6.07 Å². The Kier molecular flexibility index (Phi) is 4.76. The molecule has 1 saturated heterocycles. The van der Waals surface area contributed by atoms with Crippen LogP contribution in [0.1, 0.15) is 79.6 Å². The van der Waals surface area contributed by atoms with Crippen LogP contribution < -0.4 is 4.74 Å². The molecule has 5 aliphatic carbocycles. The molecule has 1 heterocycles. The summed E-state index contributed by atoms with van der Waals surface area (Å²) < 4.78 is 21.8. The van der Waals surface area contributed by atoms with Crippen LogP contribution in [0.2, 0.25) is 0 Å². The molecule has 5 nitrogen and oxygen atoms in total. The molecule has 6 atom stereocenters. The largest absolute Gasteiger partial charge is 0.489 e. The lowest BCUT2D eigenvalue weighted by Crippen LogP contribution is -2.56. The van der Waals surface area contributed by atoms with Crippen molar-refractivity contribution >= 4 is 23.5 Å². The molecular weight excluding hydrogens is 433 g/mol. The number of hydrogen-bond acceptors (Lipinski definition) is 3. The van der Waals surface area contributed by atoms with E-state index in [0.717, 1.165) is 50.5 Å². The monoisotopic (exact) mass is 461 g/mol. The van der Waals surface area contributed by atoms with E-state index in [9.17, 15) is 14.7 Å². The van der Waals surface area contributed by atoms with Gasteiger partial charge in [-0.25, -0.2) is 9.18 Å². The summed E-state index contributed by atoms with van der Waals surface area (Å²) in [6, 6.07) is 2.15. The summed E-state index contributed by atoms with van der Waals surface area (Å²) in [6.45, 7) is 0.346. The van der Waals surface area contributed by atoms with Crippen LogP contribution in [-0.2, 0) is 4.79 Å². The van der Waals surface area contributed by atoms with Gasteiger partial charge in [0.1, 0.15) is 23.7 Å². The predicted octanol–water partition coefficient (Wildman–Crippen LogP) is 4.96. The van der Waals surface area contributed by atoms with Crippen LogP contribution in [0.4, 0.5) is 4.39 Å². The number of likely N-dealkylation sites (tertiary alicyclic amines) is 1. The third kappa shape index (κ3) is 3.41. The number of carboxylic acids is 1. The number of rotatable bonds is 5. The molecule has 0 radical (unpaired) electrons. The van der Waals surface area contributed by atoms with E-state index < -0.39 is 23.7 Å². The van der Waals surface area contributed by atoms with Gasteiger partial charge in [-0.15, -0.1) is 11.6 Å². The average Bonchev–Trinajstić information content (AvgIpc) is 3.43. The van der Waals surface area contributed by atoms with Crippen LogP contribution in [-0.4, -0.2) is 45.4 Å². The molecule has 7 rings (SSSR count). The molecule has 1 unspecified atom stereocenters. The second-order valence-electron chi connectivity index (χ2n) is 10.8. The van der Waals surface area contributed by atoms with Gasteiger partial charge in [0.15, 0.2) is 0 Å². The molecule has 1 N–H and O–H groups in total. The summed E-state index contributed by atoms with van der Waals surface area (Å²) in [5, 5.41) is 9.43. The summed E-state index contributed by atoms with van der Waals surface area (Å²) in [6.07, 6.45) is 8.42. The summed E-state index contributed by atoms with van der Waals surface area (Å²) >= 11 is 6.87. The fraction of sp³-hybridized carbons (Fsp3) is 0.680. The Morgan fingerprint density at radius 2 is 1.84 bits per heavy atom. The van der Waals surface area contributed by atoms with Crippen molar-refractivity contribution in [1.29, 1.82) is 0 Å². The number of halogens is 2. The van der Waals surface area contributed by atoms with Gasteiger partial charge in [0.2, 0.25) is 0 Å². The standard InChI is InChI=1S/C25H29ClFNO4/c26-25-10-13-6-15(11-25)22(16(7-13)12-25)32-21-9-19(27)18(8-17(21)14-3-4-14)23(29)28-5-1-2-20(28)24(30)31/h8-9,13-16,20,22H,1-7,10-12H2,(H,30,31)/t13-,15+,16-,20-,22?,25-/m0/s1. The number of ether oxygens (including phenoxy) is 1. The number of hydrogen-bond donors (Lipinski definition) is 1. The fourth-order valence-corrected chi connectivity index (χ4v) is 7.80. The van der Waals surface area contributed by atoms with Crippen molar-refractivity contribution in [2.75, 3.05) is 6.54 Å². The lowest BCUT2D eigenvalue weighted by atomic mass is 9.54. The number of benzene rings is 1. The van der Waals surface area contributed by atoms with Crippen LogP contribution in [0.25, 0.3) is 0 Å². The van der Waals surface area contributed by atoms with Crippen LogP contribution in [0.15, 0.2) is 12.1 Å². The first-order valence-electron chi connectivity index (χ1n) is 12.0. The van der Waals surface area contributed by atoms with Crippen LogP contribution in [0.3, 0.4) is 0 Å². The molecule has 4 bridgehead atoms. The van der Waals surface area contributed by atoms with E-state index in [-0.39, 0.29) is 22.5 Å². The zero-order valence-electron chi connectivity index (χ0n) is 18.1. The molecule has 0 spiro atoms. The van der Waals surface area contributed by atoms with E-state index in [0.29, 0.717) is 42.9 Å². The lowest BCUT2D eigenvalue weighted by molar-refractivity contribution is -0.141. The van der Waals surface area contributed by atoms with Gasteiger partial charge >= 0.3 is 5.97 Å². The second kappa shape index (κ2) is 7.34. The molecule has 1 aliphatic heterocycles. The van der Waals surface area contributed by atoms with Crippen LogP contribution in [0, 0.1) is 23.6 Å². The number of carboxylic acid groups (broad SMARTS) is 1. The number of amides is 1. The molecule has 5 saturated carbocycles. The molecule has 1 amide bonds. The van der Waals surface area contributed by atoms with Gasteiger partial charge in [0.05, 0.1) is 5.56 Å². The smallest absolute Gasteiger partial charge is 0.326 e. The molecule has 1 aromatic rings. The van der Waals surface area contributed by atoms with E-state index in [2.05, 4.69) is 0 Å². The normalized spacial score (nSPS) is 37.7. The predicted molar refractivity (Wildman–Crippen MR) is 117 cm³/mol. The van der Waals surface area contributed by atoms with Crippen LogP contribution in [0.5, 0.6) is 5.75 Å². The Balaban J connectivity index is 1.29. The van der Waals surface area contributed by atoms with Gasteiger partial charge in [-0.2, -0.15) is 0 Å². The summed E-state index contributed by atoms with van der Waals surface area (Å²) in [5.41, 5.74) is 0.868. The minimum atomic E-state index is -1.03. The quantitative estimate of drug-likeness (QED) is 0.629. The maximum Gasteiger partial charge on any atom is 0.326 e. The molecule has 172 valence electrons. The number of aliphatic carboxylic acids is 1. The molecule has 6 aliphatic rings. The zero-order valence-corrected chi connectivity index (χ0v) is 18.8. The van der Waals surface area contributed by atoms with Crippen molar-refractivity contribution in [3.05, 3.63) is 29.1 Å². The summed E-state index contributed by atoms with van der Waals surface area (Å²) in [5.74, 6) is 0.181. The Hall–Kier alpha value is -1.82. The molecule has 6 fully saturated rings. The van der Waals surface area contributed by atoms with Gasteiger partial charge in [0, 0.05) is 17.5 Å². The molecular formula is C25H29ClFNO4. The van der Waals surface area contributed by atoms with Crippen molar-refractivity contribution in [3.8, 4) is 5.75 Å². The number of alkyl halides is 1. The highest BCUT2D eigenvalue weighted by Gasteiger charge is 2.56. The maximum absolute atomic E-state index is 15.2. The minimum absolute atomic E-state index is 0.0304. The Labute approximate surface area is 192 Å². The molecule has 1 aromatic carbocycles. The van der Waals surface area contributed by atoms with Crippen molar-refractivity contribution in [2.45, 2.75) is 80.7 Å². The van der Waals surface area contributed by atoms with E-state index in [1.165, 1.54) is 11.0 Å². The SMILES string of the molecule is O=C(O)[C@@H]1CCCN1C(=O)c1cc(C2CC2)c(OC2[C@@H]3C[C@H]4C[C@H]2C[C@](Cl)(C4)C3)cc1F. The van der Waals surface area contributed by atoms with Gasteiger partial charge in [0.25, 0.3) is 5.91 Å². The highest BCUT2D eigenvalue weighted by Crippen LogP contribution is 2.59. The minimum Gasteiger partial charge on any atom is -0.489 e. The van der Waals surface area contributed by atoms with E-state index in [4.69, 9.17) is 16.3 Å². The number of carbonyl (C=O) groups excluding carboxylic acids is 1. The molecule has 32 heavy (non-hydrogen) atoms. The van der Waals surface area contributed by atoms with Gasteiger partial charge in [-0.3, -0.25) is 4.79 Å². The highest BCUT2D eigenvalue weighted by atomic mass is 35.5. The van der Waals surface area contributed by atoms with E-state index in [1.807, 2.05) is 0 Å². The Bertz CT molecular complexity index is 963. The highest BCUT2D eigenvalue weighted by molar-refractivity contribution is 6.24. The first-order chi connectivity index (χ1) is 15.3. The van der Waals surface area contributed by atoms with Crippen molar-refractivity contribution in [2.24, 2.45) is 17.8 Å². The molecule has 0 aromatic heterocycles. The number of nitrogens with zero attached hydrogens (tertiary/aromatic N) is 1. The van der Waals surface area contributed by atoms with Crippen LogP contribution >= 0.6 is 11.6 Å². The zero-order chi connectivity index (χ0) is 22.2. The van der Waals surface area contributed by atoms with Gasteiger partial charge in [-0.05, 0) is 93.1 Å². The van der Waals surface area contributed by atoms with Gasteiger partial charge in [-0.1, -0.05) is 0 Å². The second-order valence-corrected chi connectivity index (χ2v) is 11.6. The number of carbonyl (C=O) groups is 2. The first-order valence-corrected chi connectivity index (χ1v) is 12.4. The lowest BCUT2D eigenvalue weighted by Gasteiger charge is -2.57. The Morgan fingerprint density at radius 3 is 2.47 bits per heavy atom. The average molecular weight is 462 g/mol. The third-order valence-electron chi connectivity index (χ3n) is 8.52.